The zero-order valence-corrected chi connectivity index (χ0v) is 13.2. The Balaban J connectivity index is 1.79. The van der Waals surface area contributed by atoms with Crippen molar-refractivity contribution in [3.8, 4) is 22.5 Å². The van der Waals surface area contributed by atoms with Crippen LogP contribution < -0.4 is 5.32 Å². The van der Waals surface area contributed by atoms with Crippen molar-refractivity contribution in [1.29, 1.82) is 0 Å². The zero-order valence-electron chi connectivity index (χ0n) is 13.2. The molecule has 0 bridgehead atoms. The van der Waals surface area contributed by atoms with Gasteiger partial charge in [-0.3, -0.25) is 9.20 Å². The van der Waals surface area contributed by atoms with Crippen LogP contribution in [0.15, 0.2) is 55.0 Å². The lowest BCUT2D eigenvalue weighted by Crippen LogP contribution is -1.95. The van der Waals surface area contributed by atoms with Gasteiger partial charge in [0, 0.05) is 35.4 Å². The van der Waals surface area contributed by atoms with Crippen LogP contribution in [0.1, 0.15) is 0 Å². The Bertz CT molecular complexity index is 1130. The molecule has 1 amide bonds. The number of carbonyl (C=O) groups excluding carboxylic acids is 1. The maximum Gasteiger partial charge on any atom is 0.234 e. The van der Waals surface area contributed by atoms with Gasteiger partial charge in [0.05, 0.1) is 11.4 Å². The van der Waals surface area contributed by atoms with Crippen LogP contribution in [0.5, 0.6) is 0 Å². The lowest BCUT2D eigenvalue weighted by atomic mass is 10.1. The van der Waals surface area contributed by atoms with Gasteiger partial charge in [-0.05, 0) is 30.3 Å². The lowest BCUT2D eigenvalue weighted by molar-refractivity contribution is -0.105. The van der Waals surface area contributed by atoms with Gasteiger partial charge < -0.3 is 5.32 Å². The molecular formula is C18H11F2N5O. The molecule has 0 aliphatic heterocycles. The van der Waals surface area contributed by atoms with Gasteiger partial charge in [0.15, 0.2) is 0 Å². The SMILES string of the molecule is O=CNc1ccc(F)c(-c2cn3cc(-c4cccc(F)n4)cnc3n2)c1. The Morgan fingerprint density at radius 3 is 2.73 bits per heavy atom. The molecule has 1 aromatic carbocycles. The van der Waals surface area contributed by atoms with Gasteiger partial charge in [0.2, 0.25) is 18.1 Å². The molecule has 0 atom stereocenters. The Hall–Kier alpha value is -3.68. The summed E-state index contributed by atoms with van der Waals surface area (Å²) in [7, 11) is 0. The standard InChI is InChI=1S/C18H11F2N5O/c19-14-5-4-12(22-10-26)6-13(14)16-9-25-8-11(7-21-18(25)24-16)15-2-1-3-17(20)23-15/h1-10H,(H,22,26). The molecule has 1 N–H and O–H groups in total. The number of pyridine rings is 1. The molecule has 4 aromatic rings. The summed E-state index contributed by atoms with van der Waals surface area (Å²) in [6.07, 6.45) is 5.33. The quantitative estimate of drug-likeness (QED) is 0.452. The molecule has 0 radical (unpaired) electrons. The summed E-state index contributed by atoms with van der Waals surface area (Å²) < 4.78 is 29.1. The molecule has 3 aromatic heterocycles. The van der Waals surface area contributed by atoms with Crippen molar-refractivity contribution in [1.82, 2.24) is 19.4 Å². The van der Waals surface area contributed by atoms with E-state index in [1.54, 1.807) is 28.9 Å². The van der Waals surface area contributed by atoms with Crippen molar-refractivity contribution < 1.29 is 13.6 Å². The minimum Gasteiger partial charge on any atom is -0.329 e. The summed E-state index contributed by atoms with van der Waals surface area (Å²) in [6.45, 7) is 0. The minimum absolute atomic E-state index is 0.229. The number of benzene rings is 1. The highest BCUT2D eigenvalue weighted by Gasteiger charge is 2.12. The van der Waals surface area contributed by atoms with Gasteiger partial charge in [-0.25, -0.2) is 19.3 Å². The summed E-state index contributed by atoms with van der Waals surface area (Å²) in [5.74, 6) is -0.708. The fraction of sp³-hybridized carbons (Fsp3) is 0. The highest BCUT2D eigenvalue weighted by molar-refractivity contribution is 5.75. The van der Waals surface area contributed by atoms with Crippen LogP contribution in [0.3, 0.4) is 0 Å². The number of hydrogen-bond donors (Lipinski definition) is 1. The topological polar surface area (TPSA) is 72.2 Å². The second kappa shape index (κ2) is 6.32. The van der Waals surface area contributed by atoms with Crippen molar-refractivity contribution in [3.63, 3.8) is 0 Å². The van der Waals surface area contributed by atoms with E-state index in [2.05, 4.69) is 20.3 Å². The smallest absolute Gasteiger partial charge is 0.234 e. The molecule has 0 unspecified atom stereocenters. The van der Waals surface area contributed by atoms with Crippen LogP contribution in [0.2, 0.25) is 0 Å². The van der Waals surface area contributed by atoms with Crippen LogP contribution in [-0.4, -0.2) is 25.8 Å². The molecule has 0 aliphatic rings. The number of imidazole rings is 1. The number of amides is 1. The number of halogens is 2. The summed E-state index contributed by atoms with van der Waals surface area (Å²) in [5.41, 5.74) is 2.06. The second-order valence-electron chi connectivity index (χ2n) is 5.48. The van der Waals surface area contributed by atoms with Crippen LogP contribution in [0.4, 0.5) is 14.5 Å². The van der Waals surface area contributed by atoms with Crippen molar-refractivity contribution in [3.05, 3.63) is 66.8 Å². The number of anilines is 1. The zero-order chi connectivity index (χ0) is 18.1. The maximum atomic E-state index is 14.2. The third kappa shape index (κ3) is 2.88. The van der Waals surface area contributed by atoms with E-state index >= 15 is 0 Å². The van der Waals surface area contributed by atoms with Gasteiger partial charge in [-0.1, -0.05) is 6.07 Å². The fourth-order valence-electron chi connectivity index (χ4n) is 2.60. The first-order chi connectivity index (χ1) is 12.6. The molecule has 0 spiro atoms. The van der Waals surface area contributed by atoms with E-state index in [4.69, 9.17) is 0 Å². The highest BCUT2D eigenvalue weighted by Crippen LogP contribution is 2.26. The normalized spacial score (nSPS) is 10.8. The molecule has 0 fully saturated rings. The van der Waals surface area contributed by atoms with Gasteiger partial charge >= 0.3 is 0 Å². The molecule has 0 saturated heterocycles. The number of rotatable bonds is 4. The third-order valence-electron chi connectivity index (χ3n) is 3.79. The van der Waals surface area contributed by atoms with Crippen molar-refractivity contribution in [2.45, 2.75) is 0 Å². The van der Waals surface area contributed by atoms with E-state index in [0.29, 0.717) is 34.8 Å². The summed E-state index contributed by atoms with van der Waals surface area (Å²) in [5, 5.41) is 2.47. The summed E-state index contributed by atoms with van der Waals surface area (Å²) in [4.78, 5) is 22.9. The lowest BCUT2D eigenvalue weighted by Gasteiger charge is -2.03. The molecular weight excluding hydrogens is 340 g/mol. The number of hydrogen-bond acceptors (Lipinski definition) is 4. The van der Waals surface area contributed by atoms with Gasteiger partial charge in [-0.15, -0.1) is 0 Å². The summed E-state index contributed by atoms with van der Waals surface area (Å²) >= 11 is 0. The minimum atomic E-state index is -0.588. The number of nitrogens with one attached hydrogen (secondary N) is 1. The van der Waals surface area contributed by atoms with E-state index < -0.39 is 11.8 Å². The third-order valence-corrected chi connectivity index (χ3v) is 3.79. The predicted molar refractivity (Wildman–Crippen MR) is 91.3 cm³/mol. The molecule has 4 rings (SSSR count). The maximum absolute atomic E-state index is 14.2. The molecule has 6 nitrogen and oxygen atoms in total. The van der Waals surface area contributed by atoms with Gasteiger partial charge in [0.25, 0.3) is 0 Å². The highest BCUT2D eigenvalue weighted by atomic mass is 19.1. The van der Waals surface area contributed by atoms with Gasteiger partial charge in [0.1, 0.15) is 5.82 Å². The number of fused-ring (bicyclic) bond motifs is 1. The first-order valence-electron chi connectivity index (χ1n) is 7.62. The number of carbonyl (C=O) groups is 1. The van der Waals surface area contributed by atoms with Crippen LogP contribution in [-0.2, 0) is 4.79 Å². The molecule has 128 valence electrons. The van der Waals surface area contributed by atoms with E-state index in [-0.39, 0.29) is 5.56 Å². The monoisotopic (exact) mass is 351 g/mol. The second-order valence-corrected chi connectivity index (χ2v) is 5.48. The molecule has 0 aliphatic carbocycles. The Kier molecular flexibility index (Phi) is 3.85. The number of aromatic nitrogens is 4. The molecule has 8 heteroatoms. The average Bonchev–Trinajstić information content (AvgIpc) is 3.06. The first-order valence-corrected chi connectivity index (χ1v) is 7.62. The Labute approximate surface area is 146 Å². The Morgan fingerprint density at radius 2 is 1.92 bits per heavy atom. The summed E-state index contributed by atoms with van der Waals surface area (Å²) in [6, 6.07) is 8.67. The van der Waals surface area contributed by atoms with E-state index in [9.17, 15) is 13.6 Å². The van der Waals surface area contributed by atoms with Crippen LogP contribution in [0, 0.1) is 11.8 Å². The Morgan fingerprint density at radius 1 is 1.04 bits per heavy atom. The van der Waals surface area contributed by atoms with Crippen LogP contribution >= 0.6 is 0 Å². The van der Waals surface area contributed by atoms with Crippen molar-refractivity contribution >= 4 is 17.9 Å². The molecule has 3 heterocycles. The molecule has 26 heavy (non-hydrogen) atoms. The fourth-order valence-corrected chi connectivity index (χ4v) is 2.60. The van der Waals surface area contributed by atoms with E-state index in [0.717, 1.165) is 0 Å². The average molecular weight is 351 g/mol. The van der Waals surface area contributed by atoms with Crippen LogP contribution in [0.25, 0.3) is 28.3 Å². The van der Waals surface area contributed by atoms with E-state index in [1.165, 1.54) is 30.5 Å². The number of nitrogens with zero attached hydrogens (tertiary/aromatic N) is 4. The van der Waals surface area contributed by atoms with Gasteiger partial charge in [-0.2, -0.15) is 4.39 Å². The van der Waals surface area contributed by atoms with Crippen molar-refractivity contribution in [2.75, 3.05) is 5.32 Å². The molecule has 0 saturated carbocycles. The van der Waals surface area contributed by atoms with E-state index in [1.807, 2.05) is 0 Å². The largest absolute Gasteiger partial charge is 0.329 e. The predicted octanol–water partition coefficient (Wildman–Crippen LogP) is 3.30. The first kappa shape index (κ1) is 15.8. The van der Waals surface area contributed by atoms with Crippen molar-refractivity contribution in [2.24, 2.45) is 0 Å².